The molecule has 17 heavy (non-hydrogen) atoms. The largest absolute Gasteiger partial charge is 0.374 e. The number of nitrogens with one attached hydrogen (secondary N) is 1. The van der Waals surface area contributed by atoms with E-state index < -0.39 is 0 Å². The second-order valence-electron chi connectivity index (χ2n) is 5.79. The number of hydrogen-bond acceptors (Lipinski definition) is 4. The first-order valence-corrected chi connectivity index (χ1v) is 9.14. The highest BCUT2D eigenvalue weighted by molar-refractivity contribution is 8.00. The second kappa shape index (κ2) is 4.95. The van der Waals surface area contributed by atoms with Crippen molar-refractivity contribution in [2.75, 3.05) is 30.9 Å². The predicted molar refractivity (Wildman–Crippen MR) is 77.1 cm³/mol. The van der Waals surface area contributed by atoms with Crippen molar-refractivity contribution < 1.29 is 4.74 Å². The molecule has 3 aliphatic rings. The first-order chi connectivity index (χ1) is 8.26. The molecule has 2 atom stereocenters. The molecule has 0 aromatic carbocycles. The van der Waals surface area contributed by atoms with Crippen LogP contribution < -0.4 is 5.32 Å². The van der Waals surface area contributed by atoms with Gasteiger partial charge in [0.05, 0.1) is 5.60 Å². The minimum atomic E-state index is 0.233. The van der Waals surface area contributed by atoms with Gasteiger partial charge in [0.25, 0.3) is 0 Å². The monoisotopic (exact) mass is 273 g/mol. The zero-order valence-corrected chi connectivity index (χ0v) is 12.3. The lowest BCUT2D eigenvalue weighted by Crippen LogP contribution is -2.48. The van der Waals surface area contributed by atoms with Crippen LogP contribution in [-0.4, -0.2) is 47.3 Å². The average molecular weight is 273 g/mol. The maximum Gasteiger partial charge on any atom is 0.0795 e. The van der Waals surface area contributed by atoms with Crippen LogP contribution in [0.4, 0.5) is 0 Å². The summed E-state index contributed by atoms with van der Waals surface area (Å²) in [6.07, 6.45) is 8.79. The van der Waals surface area contributed by atoms with Crippen molar-refractivity contribution in [3.05, 3.63) is 0 Å². The van der Waals surface area contributed by atoms with Crippen LogP contribution in [0, 0.1) is 0 Å². The molecule has 1 saturated carbocycles. The topological polar surface area (TPSA) is 21.3 Å². The van der Waals surface area contributed by atoms with E-state index in [9.17, 15) is 0 Å². The van der Waals surface area contributed by atoms with Crippen molar-refractivity contribution in [1.82, 2.24) is 5.32 Å². The highest BCUT2D eigenvalue weighted by Crippen LogP contribution is 2.47. The van der Waals surface area contributed by atoms with E-state index in [4.69, 9.17) is 4.74 Å². The van der Waals surface area contributed by atoms with E-state index in [1.165, 1.54) is 50.2 Å². The summed E-state index contributed by atoms with van der Waals surface area (Å²) in [5.74, 6) is 2.51. The van der Waals surface area contributed by atoms with Gasteiger partial charge in [-0.15, -0.1) is 0 Å². The Morgan fingerprint density at radius 1 is 1.41 bits per heavy atom. The van der Waals surface area contributed by atoms with E-state index in [1.807, 2.05) is 0 Å². The third-order valence-corrected chi connectivity index (χ3v) is 7.16. The lowest BCUT2D eigenvalue weighted by atomic mass is 9.90. The van der Waals surface area contributed by atoms with Crippen molar-refractivity contribution in [1.29, 1.82) is 0 Å². The van der Waals surface area contributed by atoms with Crippen LogP contribution >= 0.6 is 23.5 Å². The fourth-order valence-electron chi connectivity index (χ4n) is 2.99. The molecule has 98 valence electrons. The third-order valence-electron chi connectivity index (χ3n) is 4.51. The van der Waals surface area contributed by atoms with Gasteiger partial charge in [-0.1, -0.05) is 0 Å². The molecule has 3 rings (SSSR count). The van der Waals surface area contributed by atoms with Gasteiger partial charge in [0.15, 0.2) is 0 Å². The van der Waals surface area contributed by atoms with E-state index in [2.05, 4.69) is 35.1 Å². The van der Waals surface area contributed by atoms with Gasteiger partial charge < -0.3 is 10.1 Å². The number of rotatable bonds is 4. The van der Waals surface area contributed by atoms with Gasteiger partial charge in [0, 0.05) is 29.7 Å². The van der Waals surface area contributed by atoms with Crippen LogP contribution in [0.5, 0.6) is 0 Å². The molecule has 1 N–H and O–H groups in total. The molecule has 0 aromatic rings. The summed E-state index contributed by atoms with van der Waals surface area (Å²) in [7, 11) is 0. The van der Waals surface area contributed by atoms with Crippen LogP contribution in [0.3, 0.4) is 0 Å². The van der Waals surface area contributed by atoms with Gasteiger partial charge in [0.2, 0.25) is 0 Å². The maximum absolute atomic E-state index is 6.06. The molecule has 2 heterocycles. The Labute approximate surface area is 113 Å². The Morgan fingerprint density at radius 3 is 2.94 bits per heavy atom. The quantitative estimate of drug-likeness (QED) is 0.849. The summed E-state index contributed by atoms with van der Waals surface area (Å²) >= 11 is 4.12. The fourth-order valence-corrected chi connectivity index (χ4v) is 5.10. The molecule has 3 fully saturated rings. The maximum atomic E-state index is 6.06. The summed E-state index contributed by atoms with van der Waals surface area (Å²) in [4.78, 5) is 0. The molecule has 0 amide bonds. The highest BCUT2D eigenvalue weighted by atomic mass is 32.2. The molecule has 2 nitrogen and oxygen atoms in total. The molecule has 0 bridgehead atoms. The van der Waals surface area contributed by atoms with Gasteiger partial charge in [-0.05, 0) is 44.1 Å². The predicted octanol–water partition coefficient (Wildman–Crippen LogP) is 2.53. The zero-order chi connectivity index (χ0) is 11.8. The molecule has 1 spiro atoms. The first kappa shape index (κ1) is 12.6. The molecular weight excluding hydrogens is 250 g/mol. The summed E-state index contributed by atoms with van der Waals surface area (Å²) in [5, 5.41) is 3.82. The van der Waals surface area contributed by atoms with Crippen molar-refractivity contribution in [3.63, 3.8) is 0 Å². The van der Waals surface area contributed by atoms with Gasteiger partial charge in [-0.3, -0.25) is 0 Å². The Bertz CT molecular complexity index is 275. The number of hydrogen-bond donors (Lipinski definition) is 1. The summed E-state index contributed by atoms with van der Waals surface area (Å²) < 4.78 is 6.66. The van der Waals surface area contributed by atoms with Gasteiger partial charge in [-0.2, -0.15) is 23.5 Å². The van der Waals surface area contributed by atoms with Crippen LogP contribution in [0.25, 0.3) is 0 Å². The normalized spacial score (nSPS) is 39.7. The Balaban J connectivity index is 1.50. The lowest BCUT2D eigenvalue weighted by Gasteiger charge is -2.38. The molecule has 2 unspecified atom stereocenters. The first-order valence-electron chi connectivity index (χ1n) is 6.76. The Hall–Kier alpha value is 0.620. The van der Waals surface area contributed by atoms with E-state index in [1.54, 1.807) is 0 Å². The highest BCUT2D eigenvalue weighted by Gasteiger charge is 2.44. The minimum absolute atomic E-state index is 0.233. The fraction of sp³-hybridized carbons (Fsp3) is 1.00. The van der Waals surface area contributed by atoms with E-state index in [-0.39, 0.29) is 5.60 Å². The third kappa shape index (κ3) is 2.80. The van der Waals surface area contributed by atoms with Gasteiger partial charge in [-0.25, -0.2) is 0 Å². The second-order valence-corrected chi connectivity index (χ2v) is 8.17. The van der Waals surface area contributed by atoms with E-state index >= 15 is 0 Å². The van der Waals surface area contributed by atoms with E-state index in [0.717, 1.165) is 6.61 Å². The minimum Gasteiger partial charge on any atom is -0.374 e. The summed E-state index contributed by atoms with van der Waals surface area (Å²) in [6.45, 7) is 2.17. The molecule has 1 aliphatic carbocycles. The van der Waals surface area contributed by atoms with Crippen molar-refractivity contribution in [2.24, 2.45) is 0 Å². The number of ether oxygens (including phenoxy) is 1. The molecule has 0 radical (unpaired) electrons. The summed E-state index contributed by atoms with van der Waals surface area (Å²) in [6, 6.07) is 0.701. The molecule has 2 aliphatic heterocycles. The van der Waals surface area contributed by atoms with E-state index in [0.29, 0.717) is 10.8 Å². The lowest BCUT2D eigenvalue weighted by molar-refractivity contribution is -0.0700. The van der Waals surface area contributed by atoms with Crippen LogP contribution in [-0.2, 0) is 4.74 Å². The van der Waals surface area contributed by atoms with Gasteiger partial charge >= 0.3 is 0 Å². The zero-order valence-electron chi connectivity index (χ0n) is 10.7. The van der Waals surface area contributed by atoms with Crippen LogP contribution in [0.1, 0.15) is 32.1 Å². The molecular formula is C13H23NOS2. The standard InChI is InChI=1S/C13H23NOS2/c1-16-13(3-4-13)9-14-11-2-6-15-12(8-11)5-7-17-10-12/h11,14H,2-10H2,1H3. The Kier molecular flexibility index (Phi) is 3.68. The molecule has 2 saturated heterocycles. The Morgan fingerprint density at radius 2 is 2.29 bits per heavy atom. The molecule has 0 aromatic heterocycles. The van der Waals surface area contributed by atoms with Crippen molar-refractivity contribution >= 4 is 23.5 Å². The summed E-state index contributed by atoms with van der Waals surface area (Å²) in [5.41, 5.74) is 0.233. The van der Waals surface area contributed by atoms with Crippen molar-refractivity contribution in [3.8, 4) is 0 Å². The van der Waals surface area contributed by atoms with Gasteiger partial charge in [0.1, 0.15) is 0 Å². The van der Waals surface area contributed by atoms with Crippen molar-refractivity contribution in [2.45, 2.75) is 48.5 Å². The van der Waals surface area contributed by atoms with Crippen LogP contribution in [0.15, 0.2) is 0 Å². The van der Waals surface area contributed by atoms with Crippen LogP contribution in [0.2, 0.25) is 0 Å². The number of thioether (sulfide) groups is 2. The molecule has 4 heteroatoms. The smallest absolute Gasteiger partial charge is 0.0795 e. The average Bonchev–Trinajstić information content (AvgIpc) is 3.03. The SMILES string of the molecule is CSC1(CNC2CCOC3(CCSC3)C2)CC1.